The summed E-state index contributed by atoms with van der Waals surface area (Å²) in [6.45, 7) is 1.81. The predicted molar refractivity (Wildman–Crippen MR) is 105 cm³/mol. The first kappa shape index (κ1) is 16.1. The Morgan fingerprint density at radius 3 is 2.71 bits per heavy atom. The van der Waals surface area contributed by atoms with Crippen molar-refractivity contribution in [2.45, 2.75) is 6.92 Å². The van der Waals surface area contributed by atoms with Gasteiger partial charge in [0.2, 0.25) is 5.78 Å². The van der Waals surface area contributed by atoms with Crippen LogP contribution in [0.1, 0.15) is 5.56 Å². The molecule has 5 aromatic rings. The summed E-state index contributed by atoms with van der Waals surface area (Å²) in [6, 6.07) is 13.9. The van der Waals surface area contributed by atoms with Crippen molar-refractivity contribution in [3.05, 3.63) is 87.0 Å². The van der Waals surface area contributed by atoms with Gasteiger partial charge in [-0.2, -0.15) is 0 Å². The highest BCUT2D eigenvalue weighted by Gasteiger charge is 2.15. The monoisotopic (exact) mass is 371 g/mol. The van der Waals surface area contributed by atoms with Crippen molar-refractivity contribution in [1.82, 2.24) is 18.9 Å². The van der Waals surface area contributed by atoms with Gasteiger partial charge in [0.1, 0.15) is 0 Å². The van der Waals surface area contributed by atoms with Gasteiger partial charge in [-0.05, 0) is 30.7 Å². The topological polar surface area (TPSA) is 95.3 Å². The number of nitro groups is 1. The van der Waals surface area contributed by atoms with Gasteiger partial charge in [-0.1, -0.05) is 18.2 Å². The van der Waals surface area contributed by atoms with Crippen LogP contribution in [-0.2, 0) is 0 Å². The number of hydrogen-bond acceptors (Lipinski definition) is 5. The maximum absolute atomic E-state index is 13.2. The summed E-state index contributed by atoms with van der Waals surface area (Å²) < 4.78 is 3.26. The Hall–Kier alpha value is -4.07. The van der Waals surface area contributed by atoms with Gasteiger partial charge in [0.25, 0.3) is 11.2 Å². The highest BCUT2D eigenvalue weighted by molar-refractivity contribution is 5.88. The maximum Gasteiger partial charge on any atom is 0.271 e. The molecule has 3 heterocycles. The number of nitrogens with zero attached hydrogens (tertiary/aromatic N) is 5. The van der Waals surface area contributed by atoms with E-state index in [1.54, 1.807) is 25.3 Å². The molecule has 2 aromatic carbocycles. The van der Waals surface area contributed by atoms with Crippen molar-refractivity contribution in [2.24, 2.45) is 0 Å². The summed E-state index contributed by atoms with van der Waals surface area (Å²) >= 11 is 0. The summed E-state index contributed by atoms with van der Waals surface area (Å²) in [5.41, 5.74) is 3.20. The second-order valence-electron chi connectivity index (χ2n) is 6.51. The number of imidazole rings is 1. The highest BCUT2D eigenvalue weighted by Crippen LogP contribution is 2.23. The zero-order valence-electron chi connectivity index (χ0n) is 14.7. The number of fused-ring (bicyclic) bond motifs is 5. The van der Waals surface area contributed by atoms with Gasteiger partial charge < -0.3 is 0 Å². The van der Waals surface area contributed by atoms with Crippen molar-refractivity contribution >= 4 is 33.4 Å². The first-order valence-corrected chi connectivity index (χ1v) is 8.57. The molecular weight excluding hydrogens is 358 g/mol. The molecule has 0 saturated heterocycles. The molecule has 0 aliphatic carbocycles. The van der Waals surface area contributed by atoms with Crippen LogP contribution in [0.5, 0.6) is 0 Å². The first-order chi connectivity index (χ1) is 13.5. The van der Waals surface area contributed by atoms with E-state index < -0.39 is 4.92 Å². The molecule has 3 aromatic heterocycles. The van der Waals surface area contributed by atoms with E-state index in [1.165, 1.54) is 22.9 Å². The van der Waals surface area contributed by atoms with Gasteiger partial charge in [-0.25, -0.2) is 9.97 Å². The second-order valence-corrected chi connectivity index (χ2v) is 6.51. The largest absolute Gasteiger partial charge is 0.283 e. The molecule has 0 bridgehead atoms. The molecule has 0 saturated carbocycles. The molecule has 0 spiro atoms. The summed E-state index contributed by atoms with van der Waals surface area (Å²) in [5.74, 6) is 0.511. The van der Waals surface area contributed by atoms with E-state index in [0.29, 0.717) is 22.4 Å². The van der Waals surface area contributed by atoms with Crippen LogP contribution < -0.4 is 5.56 Å². The highest BCUT2D eigenvalue weighted by atomic mass is 16.6. The number of aryl methyl sites for hydroxylation is 1. The van der Waals surface area contributed by atoms with Crippen molar-refractivity contribution in [1.29, 1.82) is 0 Å². The Labute approximate surface area is 157 Å². The molecule has 28 heavy (non-hydrogen) atoms. The lowest BCUT2D eigenvalue weighted by atomic mass is 10.1. The third-order valence-electron chi connectivity index (χ3n) is 4.86. The molecule has 8 heteroatoms. The average molecular weight is 371 g/mol. The second kappa shape index (κ2) is 5.71. The van der Waals surface area contributed by atoms with Crippen LogP contribution in [-0.4, -0.2) is 23.9 Å². The molecule has 0 unspecified atom stereocenters. The fourth-order valence-corrected chi connectivity index (χ4v) is 3.48. The van der Waals surface area contributed by atoms with Gasteiger partial charge in [0.15, 0.2) is 0 Å². The lowest BCUT2D eigenvalue weighted by Gasteiger charge is -2.11. The number of hydrogen-bond donors (Lipinski definition) is 0. The van der Waals surface area contributed by atoms with E-state index in [-0.39, 0.29) is 11.2 Å². The van der Waals surface area contributed by atoms with E-state index in [4.69, 9.17) is 0 Å². The quantitative estimate of drug-likeness (QED) is 0.350. The first-order valence-electron chi connectivity index (χ1n) is 8.57. The van der Waals surface area contributed by atoms with Crippen LogP contribution in [0, 0.1) is 17.0 Å². The Balaban J connectivity index is 1.85. The molecule has 0 amide bonds. The van der Waals surface area contributed by atoms with Gasteiger partial charge in [0.05, 0.1) is 32.5 Å². The molecule has 0 fully saturated rings. The number of para-hydroxylation sites is 2. The minimum atomic E-state index is -0.474. The minimum Gasteiger partial charge on any atom is -0.283 e. The number of rotatable bonds is 2. The number of non-ortho nitro benzene ring substituents is 1. The van der Waals surface area contributed by atoms with Crippen LogP contribution >= 0.6 is 0 Å². The summed E-state index contributed by atoms with van der Waals surface area (Å²) in [6.07, 6.45) is 3.13. The molecule has 8 nitrogen and oxygen atoms in total. The number of benzene rings is 2. The Kier molecular flexibility index (Phi) is 3.29. The molecule has 0 atom stereocenters. The lowest BCUT2D eigenvalue weighted by molar-refractivity contribution is -0.384. The number of aromatic nitrogens is 4. The normalized spacial score (nSPS) is 11.5. The van der Waals surface area contributed by atoms with E-state index >= 15 is 0 Å². The Morgan fingerprint density at radius 2 is 1.89 bits per heavy atom. The van der Waals surface area contributed by atoms with E-state index in [9.17, 15) is 14.9 Å². The van der Waals surface area contributed by atoms with Gasteiger partial charge in [-0.3, -0.25) is 23.9 Å². The van der Waals surface area contributed by atoms with Gasteiger partial charge in [0, 0.05) is 24.5 Å². The molecule has 0 radical (unpaired) electrons. The third-order valence-corrected chi connectivity index (χ3v) is 4.86. The number of pyridine rings is 1. The number of nitro benzene ring substituents is 1. The maximum atomic E-state index is 13.2. The van der Waals surface area contributed by atoms with Crippen molar-refractivity contribution < 1.29 is 4.92 Å². The van der Waals surface area contributed by atoms with Gasteiger partial charge in [-0.15, -0.1) is 0 Å². The molecule has 136 valence electrons. The summed E-state index contributed by atoms with van der Waals surface area (Å²) in [5, 5.41) is 11.5. The van der Waals surface area contributed by atoms with E-state index in [1.807, 2.05) is 28.7 Å². The zero-order chi connectivity index (χ0) is 19.4. The van der Waals surface area contributed by atoms with Gasteiger partial charge >= 0.3 is 0 Å². The molecular formula is C20H13N5O3. The van der Waals surface area contributed by atoms with Crippen molar-refractivity contribution in [3.63, 3.8) is 0 Å². The fraction of sp³-hybridized carbons (Fsp3) is 0.0500. The predicted octanol–water partition coefficient (Wildman–Crippen LogP) is 3.40. The van der Waals surface area contributed by atoms with Crippen molar-refractivity contribution in [2.75, 3.05) is 0 Å². The Morgan fingerprint density at radius 1 is 1.07 bits per heavy atom. The van der Waals surface area contributed by atoms with E-state index in [2.05, 4.69) is 9.97 Å². The SMILES string of the molecule is Cc1ccc([N+](=O)[O-])cc1-n1ccc2c(cnc3nc4ccccc4n32)c1=O. The summed E-state index contributed by atoms with van der Waals surface area (Å²) in [7, 11) is 0. The van der Waals surface area contributed by atoms with Crippen LogP contribution in [0.15, 0.2) is 65.7 Å². The zero-order valence-corrected chi connectivity index (χ0v) is 14.7. The molecule has 0 N–H and O–H groups in total. The standard InChI is InChI=1S/C20H13N5O3/c1-12-6-7-13(25(27)28)10-18(12)23-9-8-16-14(19(23)26)11-21-20-22-15-4-2-3-5-17(15)24(16)20/h2-11H,1H3. The average Bonchev–Trinajstić information content (AvgIpc) is 3.08. The van der Waals surface area contributed by atoms with Crippen molar-refractivity contribution in [3.8, 4) is 5.69 Å². The van der Waals surface area contributed by atoms with Crippen LogP contribution in [0.3, 0.4) is 0 Å². The molecule has 0 aliphatic rings. The summed E-state index contributed by atoms with van der Waals surface area (Å²) in [4.78, 5) is 32.7. The third kappa shape index (κ3) is 2.21. The van der Waals surface area contributed by atoms with Crippen LogP contribution in [0.2, 0.25) is 0 Å². The van der Waals surface area contributed by atoms with E-state index in [0.717, 1.165) is 16.6 Å². The smallest absolute Gasteiger partial charge is 0.271 e. The van der Waals surface area contributed by atoms with Crippen LogP contribution in [0.25, 0.3) is 33.4 Å². The molecule has 0 aliphatic heterocycles. The minimum absolute atomic E-state index is 0.0678. The van der Waals surface area contributed by atoms with Crippen LogP contribution in [0.4, 0.5) is 5.69 Å². The molecule has 5 rings (SSSR count). The fourth-order valence-electron chi connectivity index (χ4n) is 3.48. The lowest BCUT2D eigenvalue weighted by Crippen LogP contribution is -2.19. The Bertz CT molecular complexity index is 1480.